The fourth-order valence-corrected chi connectivity index (χ4v) is 3.57. The highest BCUT2D eigenvalue weighted by Gasteiger charge is 2.34. The number of benzene rings is 1. The molecule has 0 unspecified atom stereocenters. The summed E-state index contributed by atoms with van der Waals surface area (Å²) in [7, 11) is 0. The summed E-state index contributed by atoms with van der Waals surface area (Å²) in [5.74, 6) is -0.187. The van der Waals surface area contributed by atoms with Crippen molar-refractivity contribution in [2.75, 3.05) is 24.2 Å². The first-order valence-corrected chi connectivity index (χ1v) is 8.98. The lowest BCUT2D eigenvalue weighted by atomic mass is 10.1. The van der Waals surface area contributed by atoms with Crippen LogP contribution >= 0.6 is 11.8 Å². The van der Waals surface area contributed by atoms with Crippen molar-refractivity contribution in [3.8, 4) is 0 Å². The third-order valence-electron chi connectivity index (χ3n) is 4.08. The Morgan fingerprint density at radius 1 is 1.21 bits per heavy atom. The highest BCUT2D eigenvalue weighted by Crippen LogP contribution is 2.31. The number of para-hydroxylation sites is 1. The molecule has 2 aromatic rings. The fraction of sp³-hybridized carbons (Fsp3) is 0.278. The molecule has 1 aromatic heterocycles. The predicted molar refractivity (Wildman–Crippen MR) is 95.3 cm³/mol. The van der Waals surface area contributed by atoms with Gasteiger partial charge in [-0.2, -0.15) is 0 Å². The summed E-state index contributed by atoms with van der Waals surface area (Å²) in [5.41, 5.74) is 1.47. The van der Waals surface area contributed by atoms with E-state index in [-0.39, 0.29) is 24.4 Å². The normalized spacial score (nSPS) is 17.9. The maximum atomic E-state index is 12.7. The minimum absolute atomic E-state index is 0.0577. The lowest BCUT2D eigenvalue weighted by Gasteiger charge is -2.40. The van der Waals surface area contributed by atoms with Crippen molar-refractivity contribution < 1.29 is 9.59 Å². The van der Waals surface area contributed by atoms with Gasteiger partial charge < -0.3 is 9.80 Å². The summed E-state index contributed by atoms with van der Waals surface area (Å²) in [6.45, 7) is 2.57. The zero-order valence-corrected chi connectivity index (χ0v) is 14.5. The Bertz CT molecular complexity index is 751. The van der Waals surface area contributed by atoms with Crippen LogP contribution in [0.4, 0.5) is 5.69 Å². The van der Waals surface area contributed by atoms with E-state index in [2.05, 4.69) is 4.98 Å². The van der Waals surface area contributed by atoms with Crippen LogP contribution in [0.25, 0.3) is 0 Å². The summed E-state index contributed by atoms with van der Waals surface area (Å²) in [6.07, 6.45) is 5.17. The van der Waals surface area contributed by atoms with Gasteiger partial charge in [0.2, 0.25) is 5.91 Å². The number of carbonyl (C=O) groups excluding carboxylic acids is 2. The lowest BCUT2D eigenvalue weighted by Crippen LogP contribution is -2.57. The Kier molecular flexibility index (Phi) is 4.85. The molecule has 24 heavy (non-hydrogen) atoms. The second-order valence-corrected chi connectivity index (χ2v) is 6.55. The van der Waals surface area contributed by atoms with Crippen LogP contribution in [0.15, 0.2) is 53.7 Å². The zero-order chi connectivity index (χ0) is 17.1. The maximum absolute atomic E-state index is 12.7. The smallest absolute Gasteiger partial charge is 0.254 e. The van der Waals surface area contributed by atoms with Gasteiger partial charge in [-0.1, -0.05) is 12.1 Å². The average Bonchev–Trinajstić information content (AvgIpc) is 2.61. The molecule has 1 saturated heterocycles. The first-order chi connectivity index (χ1) is 11.6. The molecule has 0 spiro atoms. The number of hydrogen-bond acceptors (Lipinski definition) is 4. The summed E-state index contributed by atoms with van der Waals surface area (Å²) in [4.78, 5) is 33.7. The van der Waals surface area contributed by atoms with Gasteiger partial charge in [0.05, 0.1) is 11.7 Å². The maximum Gasteiger partial charge on any atom is 0.254 e. The summed E-state index contributed by atoms with van der Waals surface area (Å²) >= 11 is 1.62. The van der Waals surface area contributed by atoms with E-state index in [0.717, 1.165) is 10.6 Å². The monoisotopic (exact) mass is 341 g/mol. The molecule has 0 aliphatic carbocycles. The van der Waals surface area contributed by atoms with Crippen LogP contribution in [0.2, 0.25) is 0 Å². The topological polar surface area (TPSA) is 53.5 Å². The fourth-order valence-electron chi connectivity index (χ4n) is 2.98. The molecule has 3 rings (SSSR count). The highest BCUT2D eigenvalue weighted by molar-refractivity contribution is 7.98. The Hall–Kier alpha value is -2.34. The van der Waals surface area contributed by atoms with Crippen LogP contribution in [-0.2, 0) is 4.79 Å². The third-order valence-corrected chi connectivity index (χ3v) is 4.86. The molecule has 0 radical (unpaired) electrons. The van der Waals surface area contributed by atoms with Crippen LogP contribution in [-0.4, -0.2) is 47.1 Å². The van der Waals surface area contributed by atoms with Crippen molar-refractivity contribution in [3.05, 3.63) is 54.4 Å². The first kappa shape index (κ1) is 16.5. The van der Waals surface area contributed by atoms with Crippen molar-refractivity contribution in [1.82, 2.24) is 9.88 Å². The Morgan fingerprint density at radius 2 is 1.92 bits per heavy atom. The second-order valence-electron chi connectivity index (χ2n) is 5.71. The number of aromatic nitrogens is 1. The van der Waals surface area contributed by atoms with Crippen LogP contribution in [0.3, 0.4) is 0 Å². The molecule has 1 fully saturated rings. The summed E-state index contributed by atoms with van der Waals surface area (Å²) < 4.78 is 0. The molecule has 0 saturated carbocycles. The van der Waals surface area contributed by atoms with E-state index < -0.39 is 0 Å². The van der Waals surface area contributed by atoms with Crippen molar-refractivity contribution >= 4 is 29.3 Å². The standard InChI is InChI=1S/C18H19N3O2S/c1-13-11-20(18(23)14-7-9-19-10-8-14)12-17(22)21(13)15-5-3-4-6-16(15)24-2/h3-10,13H,11-12H2,1-2H3/t13-/m1/s1. The second kappa shape index (κ2) is 7.05. The van der Waals surface area contributed by atoms with E-state index >= 15 is 0 Å². The molecular weight excluding hydrogens is 322 g/mol. The van der Waals surface area contributed by atoms with Gasteiger partial charge in [-0.05, 0) is 37.4 Å². The van der Waals surface area contributed by atoms with E-state index in [4.69, 9.17) is 0 Å². The lowest BCUT2D eigenvalue weighted by molar-refractivity contribution is -0.121. The van der Waals surface area contributed by atoms with Crippen LogP contribution in [0.5, 0.6) is 0 Å². The number of anilines is 1. The molecular formula is C18H19N3O2S. The van der Waals surface area contributed by atoms with Gasteiger partial charge in [0, 0.05) is 29.4 Å². The largest absolute Gasteiger partial charge is 0.327 e. The number of nitrogens with zero attached hydrogens (tertiary/aromatic N) is 3. The molecule has 0 bridgehead atoms. The van der Waals surface area contributed by atoms with Crippen LogP contribution in [0.1, 0.15) is 17.3 Å². The number of thioether (sulfide) groups is 1. The van der Waals surface area contributed by atoms with E-state index in [0.29, 0.717) is 12.1 Å². The number of rotatable bonds is 3. The molecule has 1 aliphatic rings. The molecule has 0 N–H and O–H groups in total. The van der Waals surface area contributed by atoms with Gasteiger partial charge in [0.15, 0.2) is 0 Å². The van der Waals surface area contributed by atoms with Gasteiger partial charge in [-0.25, -0.2) is 0 Å². The van der Waals surface area contributed by atoms with E-state index in [1.165, 1.54) is 0 Å². The van der Waals surface area contributed by atoms with Crippen molar-refractivity contribution in [2.24, 2.45) is 0 Å². The first-order valence-electron chi connectivity index (χ1n) is 7.76. The molecule has 1 atom stereocenters. The van der Waals surface area contributed by atoms with Gasteiger partial charge in [0.1, 0.15) is 6.54 Å². The molecule has 1 aliphatic heterocycles. The molecule has 2 heterocycles. The average molecular weight is 341 g/mol. The minimum atomic E-state index is -0.129. The summed E-state index contributed by atoms with van der Waals surface area (Å²) in [6, 6.07) is 11.1. The van der Waals surface area contributed by atoms with Gasteiger partial charge >= 0.3 is 0 Å². The van der Waals surface area contributed by atoms with Crippen molar-refractivity contribution in [2.45, 2.75) is 17.9 Å². The summed E-state index contributed by atoms with van der Waals surface area (Å²) in [5, 5.41) is 0. The number of hydrogen-bond donors (Lipinski definition) is 0. The van der Waals surface area contributed by atoms with Gasteiger partial charge in [-0.15, -0.1) is 11.8 Å². The number of carbonyl (C=O) groups is 2. The van der Waals surface area contributed by atoms with Crippen molar-refractivity contribution in [3.63, 3.8) is 0 Å². The van der Waals surface area contributed by atoms with E-state index in [9.17, 15) is 9.59 Å². The van der Waals surface area contributed by atoms with Gasteiger partial charge in [0.25, 0.3) is 5.91 Å². The Morgan fingerprint density at radius 3 is 2.58 bits per heavy atom. The van der Waals surface area contributed by atoms with Crippen LogP contribution < -0.4 is 4.90 Å². The molecule has 6 heteroatoms. The Balaban J connectivity index is 1.82. The van der Waals surface area contributed by atoms with Gasteiger partial charge in [-0.3, -0.25) is 14.6 Å². The number of piperazine rings is 1. The quantitative estimate of drug-likeness (QED) is 0.806. The van der Waals surface area contributed by atoms with E-state index in [1.54, 1.807) is 41.2 Å². The number of pyridine rings is 1. The third kappa shape index (κ3) is 3.14. The number of amides is 2. The van der Waals surface area contributed by atoms with E-state index in [1.807, 2.05) is 42.3 Å². The highest BCUT2D eigenvalue weighted by atomic mass is 32.2. The minimum Gasteiger partial charge on any atom is -0.327 e. The Labute approximate surface area is 145 Å². The zero-order valence-electron chi connectivity index (χ0n) is 13.7. The molecule has 124 valence electrons. The van der Waals surface area contributed by atoms with Crippen molar-refractivity contribution in [1.29, 1.82) is 0 Å². The van der Waals surface area contributed by atoms with Crippen LogP contribution in [0, 0.1) is 0 Å². The SMILES string of the molecule is CSc1ccccc1N1C(=O)CN(C(=O)c2ccncc2)C[C@H]1C. The molecule has 5 nitrogen and oxygen atoms in total. The molecule has 2 amide bonds. The predicted octanol–water partition coefficient (Wildman–Crippen LogP) is 2.68. The molecule has 1 aromatic carbocycles.